The zero-order valence-corrected chi connectivity index (χ0v) is 18.2. The lowest BCUT2D eigenvalue weighted by Crippen LogP contribution is -2.15. The highest BCUT2D eigenvalue weighted by Crippen LogP contribution is 2.32. The van der Waals surface area contributed by atoms with Crippen molar-refractivity contribution < 1.29 is 28.2 Å². The Balaban J connectivity index is 2.06. The molecule has 0 unspecified atom stereocenters. The summed E-state index contributed by atoms with van der Waals surface area (Å²) in [5.41, 5.74) is 0.687. The highest BCUT2D eigenvalue weighted by molar-refractivity contribution is 6.33. The molecule has 33 heavy (non-hydrogen) atoms. The van der Waals surface area contributed by atoms with E-state index < -0.39 is 23.5 Å². The van der Waals surface area contributed by atoms with Crippen LogP contribution in [0, 0.1) is 5.82 Å². The van der Waals surface area contributed by atoms with Crippen molar-refractivity contribution in [3.8, 4) is 11.3 Å². The number of hydrogen-bond donors (Lipinski definition) is 0. The predicted molar refractivity (Wildman–Crippen MR) is 118 cm³/mol. The van der Waals surface area contributed by atoms with Gasteiger partial charge in [0.05, 0.1) is 25.4 Å². The van der Waals surface area contributed by atoms with E-state index in [1.807, 2.05) is 0 Å². The Bertz CT molecular complexity index is 1410. The van der Waals surface area contributed by atoms with Crippen molar-refractivity contribution in [3.05, 3.63) is 94.1 Å². The largest absolute Gasteiger partial charge is 0.465 e. The molecule has 0 spiro atoms. The first-order chi connectivity index (χ1) is 15.9. The van der Waals surface area contributed by atoms with Crippen LogP contribution in [0.5, 0.6) is 0 Å². The van der Waals surface area contributed by atoms with Gasteiger partial charge in [0.2, 0.25) is 5.78 Å². The Labute approximate surface area is 192 Å². The summed E-state index contributed by atoms with van der Waals surface area (Å²) in [4.78, 5) is 43.3. The molecule has 0 bridgehead atoms. The lowest BCUT2D eigenvalue weighted by atomic mass is 10.0. The van der Waals surface area contributed by atoms with Gasteiger partial charge in [-0.25, -0.2) is 19.0 Å². The van der Waals surface area contributed by atoms with Crippen LogP contribution in [0.4, 0.5) is 4.39 Å². The van der Waals surface area contributed by atoms with Gasteiger partial charge in [0.15, 0.2) is 0 Å². The minimum absolute atomic E-state index is 0.104. The smallest absolute Gasteiger partial charge is 0.341 e. The van der Waals surface area contributed by atoms with Crippen molar-refractivity contribution in [2.24, 2.45) is 0 Å². The Morgan fingerprint density at radius 3 is 2.21 bits per heavy atom. The zero-order chi connectivity index (χ0) is 23.7. The standard InChI is InChI=1S/C24H16ClFN2O5/c1-32-23(30)19-18-11-17(15-5-3-4-6-16(15)25)27-12-28(18)21(20(19)24(31)33-2)22(29)13-7-9-14(26)10-8-13/h3-12H,1-2H3. The minimum atomic E-state index is -0.913. The summed E-state index contributed by atoms with van der Waals surface area (Å²) in [7, 11) is 2.29. The SMILES string of the molecule is COC(=O)c1c(C(=O)OC)c2cc(-c3ccccc3Cl)ncn2c1C(=O)c1ccc(F)cc1. The van der Waals surface area contributed by atoms with Gasteiger partial charge in [-0.1, -0.05) is 29.8 Å². The molecular weight excluding hydrogens is 451 g/mol. The maximum atomic E-state index is 13.4. The minimum Gasteiger partial charge on any atom is -0.465 e. The number of benzene rings is 2. The second-order valence-corrected chi connectivity index (χ2v) is 7.33. The van der Waals surface area contributed by atoms with E-state index in [9.17, 15) is 18.8 Å². The van der Waals surface area contributed by atoms with Crippen LogP contribution in [0.1, 0.15) is 36.8 Å². The Hall–Kier alpha value is -4.04. The molecule has 166 valence electrons. The third-order valence-corrected chi connectivity index (χ3v) is 5.41. The molecule has 2 aromatic carbocycles. The van der Waals surface area contributed by atoms with Gasteiger partial charge < -0.3 is 9.47 Å². The summed E-state index contributed by atoms with van der Waals surface area (Å²) in [6, 6.07) is 13.3. The van der Waals surface area contributed by atoms with E-state index in [2.05, 4.69) is 4.98 Å². The van der Waals surface area contributed by atoms with Crippen molar-refractivity contribution in [1.82, 2.24) is 9.38 Å². The van der Waals surface area contributed by atoms with Gasteiger partial charge in [0.1, 0.15) is 29.0 Å². The summed E-state index contributed by atoms with van der Waals surface area (Å²) in [5.74, 6) is -2.92. The molecule has 0 aliphatic rings. The lowest BCUT2D eigenvalue weighted by Gasteiger charge is -2.07. The molecule has 4 rings (SSSR count). The van der Waals surface area contributed by atoms with Crippen LogP contribution >= 0.6 is 11.6 Å². The monoisotopic (exact) mass is 466 g/mol. The highest BCUT2D eigenvalue weighted by Gasteiger charge is 2.33. The van der Waals surface area contributed by atoms with Gasteiger partial charge in [0.25, 0.3) is 0 Å². The predicted octanol–water partition coefficient (Wildman–Crippen LogP) is 4.60. The molecule has 0 aliphatic carbocycles. The summed E-state index contributed by atoms with van der Waals surface area (Å²) < 4.78 is 24.5. The van der Waals surface area contributed by atoms with Crippen LogP contribution < -0.4 is 0 Å². The molecule has 9 heteroatoms. The van der Waals surface area contributed by atoms with Gasteiger partial charge in [-0.3, -0.25) is 9.20 Å². The Morgan fingerprint density at radius 1 is 0.939 bits per heavy atom. The van der Waals surface area contributed by atoms with Gasteiger partial charge in [0, 0.05) is 16.1 Å². The van der Waals surface area contributed by atoms with E-state index in [1.54, 1.807) is 24.3 Å². The number of ketones is 1. The highest BCUT2D eigenvalue weighted by atomic mass is 35.5. The van der Waals surface area contributed by atoms with Crippen molar-refractivity contribution in [2.75, 3.05) is 14.2 Å². The van der Waals surface area contributed by atoms with Crippen LogP contribution in [-0.4, -0.2) is 41.3 Å². The second kappa shape index (κ2) is 8.84. The summed E-state index contributed by atoms with van der Waals surface area (Å²) >= 11 is 6.29. The molecule has 4 aromatic rings. The van der Waals surface area contributed by atoms with Crippen LogP contribution in [0.15, 0.2) is 60.9 Å². The summed E-state index contributed by atoms with van der Waals surface area (Å²) in [5, 5.41) is 0.427. The van der Waals surface area contributed by atoms with E-state index in [4.69, 9.17) is 21.1 Å². The molecule has 0 radical (unpaired) electrons. The first-order valence-corrected chi connectivity index (χ1v) is 10.0. The number of methoxy groups -OCH3 is 2. The number of carbonyl (C=O) groups is 3. The van der Waals surface area contributed by atoms with Gasteiger partial charge in [-0.2, -0.15) is 0 Å². The third-order valence-electron chi connectivity index (χ3n) is 5.08. The number of halogens is 2. The average molecular weight is 467 g/mol. The number of aromatic nitrogens is 2. The number of nitrogens with zero attached hydrogens (tertiary/aromatic N) is 2. The van der Waals surface area contributed by atoms with Crippen LogP contribution in [-0.2, 0) is 9.47 Å². The fourth-order valence-corrected chi connectivity index (χ4v) is 3.78. The molecule has 0 saturated carbocycles. The summed E-state index contributed by atoms with van der Waals surface area (Å²) in [6.07, 6.45) is 1.31. The molecule has 2 heterocycles. The molecule has 0 aliphatic heterocycles. The first kappa shape index (κ1) is 22.2. The van der Waals surface area contributed by atoms with E-state index in [1.165, 1.54) is 28.9 Å². The number of hydrogen-bond acceptors (Lipinski definition) is 6. The van der Waals surface area contributed by atoms with Gasteiger partial charge >= 0.3 is 11.9 Å². The first-order valence-electron chi connectivity index (χ1n) is 9.63. The fourth-order valence-electron chi connectivity index (χ4n) is 3.54. The molecule has 0 atom stereocenters. The van der Waals surface area contributed by atoms with Crippen molar-refractivity contribution >= 4 is 34.8 Å². The van der Waals surface area contributed by atoms with E-state index in [-0.39, 0.29) is 27.9 Å². The zero-order valence-electron chi connectivity index (χ0n) is 17.5. The molecular formula is C24H16ClFN2O5. The number of esters is 2. The van der Waals surface area contributed by atoms with E-state index in [0.29, 0.717) is 16.3 Å². The topological polar surface area (TPSA) is 87.0 Å². The Morgan fingerprint density at radius 2 is 1.58 bits per heavy atom. The van der Waals surface area contributed by atoms with Crippen molar-refractivity contribution in [2.45, 2.75) is 0 Å². The molecule has 0 fully saturated rings. The maximum absolute atomic E-state index is 13.4. The number of carbonyl (C=O) groups excluding carboxylic acids is 3. The third kappa shape index (κ3) is 3.85. The number of rotatable bonds is 5. The van der Waals surface area contributed by atoms with Crippen LogP contribution in [0.25, 0.3) is 16.8 Å². The average Bonchev–Trinajstić information content (AvgIpc) is 3.17. The fraction of sp³-hybridized carbons (Fsp3) is 0.0833. The lowest BCUT2D eigenvalue weighted by molar-refractivity contribution is 0.0556. The van der Waals surface area contributed by atoms with Gasteiger partial charge in [-0.15, -0.1) is 0 Å². The molecule has 0 saturated heterocycles. The summed E-state index contributed by atoms with van der Waals surface area (Å²) in [6.45, 7) is 0. The molecule has 2 aromatic heterocycles. The molecule has 0 amide bonds. The Kier molecular flexibility index (Phi) is 5.93. The normalized spacial score (nSPS) is 10.8. The molecule has 7 nitrogen and oxygen atoms in total. The molecule has 0 N–H and O–H groups in total. The van der Waals surface area contributed by atoms with Crippen LogP contribution in [0.2, 0.25) is 5.02 Å². The van der Waals surface area contributed by atoms with Crippen LogP contribution in [0.3, 0.4) is 0 Å². The number of ether oxygens (including phenoxy) is 2. The van der Waals surface area contributed by atoms with Crippen molar-refractivity contribution in [3.63, 3.8) is 0 Å². The second-order valence-electron chi connectivity index (χ2n) is 6.93. The van der Waals surface area contributed by atoms with E-state index >= 15 is 0 Å². The maximum Gasteiger partial charge on any atom is 0.341 e. The number of fused-ring (bicyclic) bond motifs is 1. The van der Waals surface area contributed by atoms with Crippen molar-refractivity contribution in [1.29, 1.82) is 0 Å². The van der Waals surface area contributed by atoms with Gasteiger partial charge in [-0.05, 0) is 36.4 Å². The quantitative estimate of drug-likeness (QED) is 0.315. The van der Waals surface area contributed by atoms with E-state index in [0.717, 1.165) is 26.4 Å².